The summed E-state index contributed by atoms with van der Waals surface area (Å²) in [6, 6.07) is 15.2. The number of hydrogen-bond acceptors (Lipinski definition) is 3. The van der Waals surface area contributed by atoms with Gasteiger partial charge in [-0.1, -0.05) is 55.7 Å². The topological polar surface area (TPSA) is 49.5 Å². The van der Waals surface area contributed by atoms with Gasteiger partial charge in [0.2, 0.25) is 0 Å². The lowest BCUT2D eigenvalue weighted by molar-refractivity contribution is 0.222. The van der Waals surface area contributed by atoms with Crippen molar-refractivity contribution in [1.29, 1.82) is 0 Å². The van der Waals surface area contributed by atoms with Crippen molar-refractivity contribution in [3.63, 3.8) is 0 Å². The molecule has 0 bridgehead atoms. The van der Waals surface area contributed by atoms with E-state index in [9.17, 15) is 0 Å². The van der Waals surface area contributed by atoms with Gasteiger partial charge in [0, 0.05) is 29.8 Å². The molecule has 3 nitrogen and oxygen atoms in total. The number of fused-ring (bicyclic) bond motifs is 1. The lowest BCUT2D eigenvalue weighted by Crippen LogP contribution is -2.37. The first-order chi connectivity index (χ1) is 15.6. The number of anilines is 1. The predicted molar refractivity (Wildman–Crippen MR) is 138 cm³/mol. The van der Waals surface area contributed by atoms with Gasteiger partial charge in [-0.05, 0) is 87.0 Å². The number of nitrogens with two attached hydrogens (primary N) is 1. The predicted octanol–water partition coefficient (Wildman–Crippen LogP) is 4.05. The van der Waals surface area contributed by atoms with Gasteiger partial charge in [0.25, 0.3) is 0 Å². The zero-order chi connectivity index (χ0) is 22.8. The summed E-state index contributed by atoms with van der Waals surface area (Å²) in [6.45, 7) is 7.23. The lowest BCUT2D eigenvalue weighted by atomic mass is 9.67. The Labute approximate surface area is 195 Å². The molecule has 2 atom stereocenters. The van der Waals surface area contributed by atoms with E-state index < -0.39 is 0 Å². The van der Waals surface area contributed by atoms with Crippen molar-refractivity contribution in [1.82, 2.24) is 4.90 Å². The number of benzene rings is 2. The number of nitrogens with zero attached hydrogens (tertiary/aromatic N) is 1. The second kappa shape index (κ2) is 12.7. The van der Waals surface area contributed by atoms with Gasteiger partial charge in [-0.25, -0.2) is 0 Å². The van der Waals surface area contributed by atoms with Crippen LogP contribution in [0.2, 0.25) is 6.32 Å². The summed E-state index contributed by atoms with van der Waals surface area (Å²) >= 11 is 0. The van der Waals surface area contributed by atoms with Crippen molar-refractivity contribution in [3.05, 3.63) is 59.2 Å². The summed E-state index contributed by atoms with van der Waals surface area (Å²) in [5.74, 6) is 7.23. The minimum atomic E-state index is 0.199. The molecule has 32 heavy (non-hydrogen) atoms. The summed E-state index contributed by atoms with van der Waals surface area (Å²) < 4.78 is 0. The van der Waals surface area contributed by atoms with Crippen LogP contribution in [-0.4, -0.2) is 43.0 Å². The molecular formula is C28H38BN2O. The average molecular weight is 429 g/mol. The SMILES string of the molecule is CCC(C)C#Cc1ccc2c(c1)CC(N1CCCC1)CC2.Nc1ccc([B]CCO)cc1. The van der Waals surface area contributed by atoms with Gasteiger partial charge in [-0.15, -0.1) is 0 Å². The molecule has 4 heteroatoms. The highest BCUT2D eigenvalue weighted by Crippen LogP contribution is 2.27. The molecule has 0 spiro atoms. The van der Waals surface area contributed by atoms with Crippen molar-refractivity contribution in [2.45, 2.75) is 64.7 Å². The third-order valence-corrected chi connectivity index (χ3v) is 6.59. The number of hydrogen-bond donors (Lipinski definition) is 2. The van der Waals surface area contributed by atoms with E-state index >= 15 is 0 Å². The van der Waals surface area contributed by atoms with Crippen LogP contribution in [-0.2, 0) is 12.8 Å². The zero-order valence-corrected chi connectivity index (χ0v) is 19.8. The van der Waals surface area contributed by atoms with E-state index in [4.69, 9.17) is 10.8 Å². The van der Waals surface area contributed by atoms with Crippen molar-refractivity contribution < 1.29 is 5.11 Å². The summed E-state index contributed by atoms with van der Waals surface area (Å²) in [6.07, 6.45) is 8.43. The van der Waals surface area contributed by atoms with Gasteiger partial charge >= 0.3 is 0 Å². The Kier molecular flexibility index (Phi) is 9.72. The fourth-order valence-electron chi connectivity index (χ4n) is 4.41. The summed E-state index contributed by atoms with van der Waals surface area (Å²) in [7, 11) is 1.97. The number of likely N-dealkylation sites (tertiary alicyclic amines) is 1. The molecule has 3 N–H and O–H groups in total. The van der Waals surface area contributed by atoms with Crippen molar-refractivity contribution in [2.24, 2.45) is 5.92 Å². The monoisotopic (exact) mass is 429 g/mol. The molecule has 0 aromatic heterocycles. The van der Waals surface area contributed by atoms with Gasteiger partial charge in [-0.2, -0.15) is 0 Å². The van der Waals surface area contributed by atoms with Crippen molar-refractivity contribution in [3.8, 4) is 11.8 Å². The van der Waals surface area contributed by atoms with E-state index in [0.29, 0.717) is 12.2 Å². The van der Waals surface area contributed by atoms with E-state index in [1.54, 1.807) is 11.1 Å². The van der Waals surface area contributed by atoms with Crippen LogP contribution in [0.1, 0.15) is 56.2 Å². The highest BCUT2D eigenvalue weighted by Gasteiger charge is 2.26. The normalized spacial score (nSPS) is 18.5. The van der Waals surface area contributed by atoms with E-state index in [1.807, 2.05) is 31.5 Å². The van der Waals surface area contributed by atoms with Crippen LogP contribution in [0.15, 0.2) is 42.5 Å². The first kappa shape index (κ1) is 24.4. The maximum absolute atomic E-state index is 8.53. The fraction of sp³-hybridized carbons (Fsp3) is 0.500. The van der Waals surface area contributed by atoms with Crippen LogP contribution < -0.4 is 11.2 Å². The minimum Gasteiger partial charge on any atom is -0.399 e. The Morgan fingerprint density at radius 2 is 1.88 bits per heavy atom. The fourth-order valence-corrected chi connectivity index (χ4v) is 4.41. The highest BCUT2D eigenvalue weighted by atomic mass is 16.2. The number of rotatable bonds is 5. The Hall–Kier alpha value is -2.22. The smallest absolute Gasteiger partial charge is 0.153 e. The molecule has 2 aromatic carbocycles. The van der Waals surface area contributed by atoms with Gasteiger partial charge < -0.3 is 15.7 Å². The minimum absolute atomic E-state index is 0.199. The van der Waals surface area contributed by atoms with Crippen LogP contribution in [0, 0.1) is 17.8 Å². The van der Waals surface area contributed by atoms with Gasteiger partial charge in [0.1, 0.15) is 0 Å². The molecule has 4 rings (SSSR count). The lowest BCUT2D eigenvalue weighted by Gasteiger charge is -2.32. The molecule has 2 aliphatic rings. The Bertz CT molecular complexity index is 894. The number of aliphatic hydroxyl groups excluding tert-OH is 1. The maximum atomic E-state index is 8.53. The second-order valence-electron chi connectivity index (χ2n) is 9.08. The van der Waals surface area contributed by atoms with Crippen molar-refractivity contribution in [2.75, 3.05) is 25.4 Å². The first-order valence-corrected chi connectivity index (χ1v) is 12.3. The van der Waals surface area contributed by atoms with E-state index in [1.165, 1.54) is 50.8 Å². The molecule has 2 unspecified atom stereocenters. The van der Waals surface area contributed by atoms with Gasteiger partial charge in [0.15, 0.2) is 7.28 Å². The molecule has 1 aliphatic heterocycles. The first-order valence-electron chi connectivity index (χ1n) is 12.3. The van der Waals surface area contributed by atoms with Gasteiger partial charge in [0.05, 0.1) is 0 Å². The molecular weight excluding hydrogens is 391 g/mol. The molecule has 1 saturated heterocycles. The molecule has 0 saturated carbocycles. The zero-order valence-electron chi connectivity index (χ0n) is 19.8. The highest BCUT2D eigenvalue weighted by molar-refractivity contribution is 6.53. The average Bonchev–Trinajstić information content (AvgIpc) is 3.37. The van der Waals surface area contributed by atoms with Crippen LogP contribution in [0.25, 0.3) is 0 Å². The Balaban J connectivity index is 0.000000222. The molecule has 169 valence electrons. The van der Waals surface area contributed by atoms with E-state index in [0.717, 1.165) is 23.6 Å². The summed E-state index contributed by atoms with van der Waals surface area (Å²) in [5, 5.41) is 8.53. The molecule has 1 radical (unpaired) electrons. The standard InChI is InChI=1S/C20H27N.C8H11BNO/c1-3-16(2)6-7-17-8-9-18-10-11-20(15-19(18)14-17)21-12-4-5-13-21;10-8-3-1-7(2-4-8)9-5-6-11/h8-9,14,16,20H,3-5,10-13,15H2,1-2H3;1-4,11H,5-6,10H2. The van der Waals surface area contributed by atoms with E-state index in [2.05, 4.69) is 48.8 Å². The second-order valence-corrected chi connectivity index (χ2v) is 9.08. The van der Waals surface area contributed by atoms with Crippen LogP contribution >= 0.6 is 0 Å². The van der Waals surface area contributed by atoms with Crippen molar-refractivity contribution >= 4 is 18.4 Å². The Morgan fingerprint density at radius 3 is 2.56 bits per heavy atom. The molecule has 1 aliphatic carbocycles. The largest absolute Gasteiger partial charge is 0.399 e. The molecule has 1 fully saturated rings. The maximum Gasteiger partial charge on any atom is 0.153 e. The number of nitrogen functional groups attached to an aromatic ring is 1. The molecule has 2 aromatic rings. The molecule has 1 heterocycles. The third-order valence-electron chi connectivity index (χ3n) is 6.59. The quantitative estimate of drug-likeness (QED) is 0.429. The van der Waals surface area contributed by atoms with Crippen LogP contribution in [0.3, 0.4) is 0 Å². The Morgan fingerprint density at radius 1 is 1.12 bits per heavy atom. The van der Waals surface area contributed by atoms with Gasteiger partial charge in [-0.3, -0.25) is 0 Å². The molecule has 0 amide bonds. The van der Waals surface area contributed by atoms with E-state index in [-0.39, 0.29) is 6.61 Å². The summed E-state index contributed by atoms with van der Waals surface area (Å²) in [4.78, 5) is 2.71. The number of aliphatic hydroxyl groups is 1. The summed E-state index contributed by atoms with van der Waals surface area (Å²) in [5.41, 5.74) is 11.7. The third kappa shape index (κ3) is 7.43. The number of aryl methyl sites for hydroxylation is 1. The van der Waals surface area contributed by atoms with Crippen LogP contribution in [0.5, 0.6) is 0 Å². The van der Waals surface area contributed by atoms with Crippen LogP contribution in [0.4, 0.5) is 5.69 Å².